The van der Waals surface area contributed by atoms with E-state index in [1.165, 1.54) is 57.8 Å². The highest BCUT2D eigenvalue weighted by atomic mass is 16.4. The first-order valence-corrected chi connectivity index (χ1v) is 7.20. The number of hydrogen-bond donors (Lipinski definition) is 2. The van der Waals surface area contributed by atoms with Gasteiger partial charge in [-0.2, -0.15) is 0 Å². The number of carboxylic acids is 1. The third kappa shape index (κ3) is 15.4. The molecule has 0 spiro atoms. The Labute approximate surface area is 106 Å². The van der Waals surface area contributed by atoms with E-state index >= 15 is 0 Å². The van der Waals surface area contributed by atoms with Crippen LogP contribution in [0.4, 0.5) is 0 Å². The van der Waals surface area contributed by atoms with Crippen molar-refractivity contribution in [1.29, 1.82) is 0 Å². The van der Waals surface area contributed by atoms with Crippen molar-refractivity contribution in [2.24, 2.45) is 0 Å². The molecule has 0 bridgehead atoms. The summed E-state index contributed by atoms with van der Waals surface area (Å²) in [5.74, 6) is -0.718. The minimum Gasteiger partial charge on any atom is -0.481 e. The number of hydrogen-bond acceptors (Lipinski definition) is 2. The monoisotopic (exact) mass is 243 g/mol. The molecule has 0 aromatic heterocycles. The Kier molecular flexibility index (Phi) is 13.0. The standard InChI is InChI=1S/C14H29NO2/c1-2-3-4-5-6-7-8-9-10-12-15-13-11-14(16)17/h15H,2-13H2,1H3,(H,16,17). The van der Waals surface area contributed by atoms with Gasteiger partial charge in [0.05, 0.1) is 6.42 Å². The highest BCUT2D eigenvalue weighted by molar-refractivity contribution is 5.66. The second-order valence-corrected chi connectivity index (χ2v) is 4.72. The van der Waals surface area contributed by atoms with Gasteiger partial charge in [-0.05, 0) is 13.0 Å². The Hall–Kier alpha value is -0.570. The lowest BCUT2D eigenvalue weighted by Crippen LogP contribution is -2.19. The van der Waals surface area contributed by atoms with Crippen LogP contribution >= 0.6 is 0 Å². The van der Waals surface area contributed by atoms with Gasteiger partial charge in [0, 0.05) is 6.54 Å². The van der Waals surface area contributed by atoms with Crippen molar-refractivity contribution in [2.45, 2.75) is 71.1 Å². The van der Waals surface area contributed by atoms with Crippen LogP contribution < -0.4 is 5.32 Å². The van der Waals surface area contributed by atoms with Crippen LogP contribution in [0.3, 0.4) is 0 Å². The van der Waals surface area contributed by atoms with Crippen molar-refractivity contribution in [2.75, 3.05) is 13.1 Å². The molecule has 2 N–H and O–H groups in total. The molecule has 0 saturated carbocycles. The third-order valence-electron chi connectivity index (χ3n) is 2.97. The maximum absolute atomic E-state index is 10.2. The molecular formula is C14H29NO2. The van der Waals surface area contributed by atoms with Crippen LogP contribution in [0, 0.1) is 0 Å². The smallest absolute Gasteiger partial charge is 0.304 e. The van der Waals surface area contributed by atoms with Gasteiger partial charge in [-0.1, -0.05) is 58.3 Å². The zero-order chi connectivity index (χ0) is 12.8. The lowest BCUT2D eigenvalue weighted by atomic mass is 10.1. The molecule has 0 saturated heterocycles. The van der Waals surface area contributed by atoms with Crippen molar-refractivity contribution in [3.63, 3.8) is 0 Å². The zero-order valence-electron chi connectivity index (χ0n) is 11.3. The first-order valence-electron chi connectivity index (χ1n) is 7.20. The lowest BCUT2D eigenvalue weighted by molar-refractivity contribution is -0.136. The second-order valence-electron chi connectivity index (χ2n) is 4.72. The molecular weight excluding hydrogens is 214 g/mol. The molecule has 0 atom stereocenters. The number of aliphatic carboxylic acids is 1. The van der Waals surface area contributed by atoms with Gasteiger partial charge in [0.25, 0.3) is 0 Å². The molecule has 0 heterocycles. The van der Waals surface area contributed by atoms with E-state index in [-0.39, 0.29) is 6.42 Å². The maximum atomic E-state index is 10.2. The Bertz CT molecular complexity index is 172. The van der Waals surface area contributed by atoms with Crippen LogP contribution in [0.25, 0.3) is 0 Å². The summed E-state index contributed by atoms with van der Waals surface area (Å²) in [5.41, 5.74) is 0. The average molecular weight is 243 g/mol. The van der Waals surface area contributed by atoms with E-state index in [0.717, 1.165) is 6.54 Å². The molecule has 0 amide bonds. The fraction of sp³-hybridized carbons (Fsp3) is 0.929. The Morgan fingerprint density at radius 2 is 1.41 bits per heavy atom. The molecule has 17 heavy (non-hydrogen) atoms. The minimum absolute atomic E-state index is 0.234. The van der Waals surface area contributed by atoms with Crippen LogP contribution in [0.15, 0.2) is 0 Å². The van der Waals surface area contributed by atoms with Gasteiger partial charge in [0.2, 0.25) is 0 Å². The number of carboxylic acid groups (broad SMARTS) is 1. The van der Waals surface area contributed by atoms with E-state index in [0.29, 0.717) is 6.54 Å². The van der Waals surface area contributed by atoms with Gasteiger partial charge in [-0.3, -0.25) is 4.79 Å². The van der Waals surface area contributed by atoms with Crippen LogP contribution in [0.1, 0.15) is 71.1 Å². The molecule has 0 unspecified atom stereocenters. The first kappa shape index (κ1) is 16.4. The summed E-state index contributed by atoms with van der Waals surface area (Å²) in [5, 5.41) is 11.6. The molecule has 0 fully saturated rings. The first-order chi connectivity index (χ1) is 8.27. The summed E-state index contributed by atoms with van der Waals surface area (Å²) < 4.78 is 0. The van der Waals surface area contributed by atoms with Crippen LogP contribution in [0.5, 0.6) is 0 Å². The van der Waals surface area contributed by atoms with Gasteiger partial charge in [-0.25, -0.2) is 0 Å². The van der Waals surface area contributed by atoms with E-state index < -0.39 is 5.97 Å². The predicted octanol–water partition coefficient (Wildman–Crippen LogP) is 3.58. The highest BCUT2D eigenvalue weighted by Crippen LogP contribution is 2.09. The predicted molar refractivity (Wildman–Crippen MR) is 72.3 cm³/mol. The van der Waals surface area contributed by atoms with Crippen molar-refractivity contribution >= 4 is 5.97 Å². The number of carbonyl (C=O) groups is 1. The van der Waals surface area contributed by atoms with Crippen LogP contribution in [-0.4, -0.2) is 24.2 Å². The van der Waals surface area contributed by atoms with E-state index in [4.69, 9.17) is 5.11 Å². The normalized spacial score (nSPS) is 10.6. The minimum atomic E-state index is -0.718. The van der Waals surface area contributed by atoms with Crippen molar-refractivity contribution in [1.82, 2.24) is 5.32 Å². The largest absolute Gasteiger partial charge is 0.481 e. The Morgan fingerprint density at radius 1 is 0.882 bits per heavy atom. The molecule has 0 radical (unpaired) electrons. The average Bonchev–Trinajstić information content (AvgIpc) is 2.30. The third-order valence-corrected chi connectivity index (χ3v) is 2.97. The van der Waals surface area contributed by atoms with Gasteiger partial charge >= 0.3 is 5.97 Å². The van der Waals surface area contributed by atoms with E-state index in [1.807, 2.05) is 0 Å². The summed E-state index contributed by atoms with van der Waals surface area (Å²) in [7, 11) is 0. The zero-order valence-corrected chi connectivity index (χ0v) is 11.3. The summed E-state index contributed by atoms with van der Waals surface area (Å²) in [6, 6.07) is 0. The lowest BCUT2D eigenvalue weighted by Gasteiger charge is -2.03. The SMILES string of the molecule is CCCCCCCCCCCNCCC(=O)O. The van der Waals surface area contributed by atoms with Gasteiger partial charge < -0.3 is 10.4 Å². The molecule has 0 aromatic carbocycles. The number of rotatable bonds is 13. The highest BCUT2D eigenvalue weighted by Gasteiger charge is 1.95. The molecule has 102 valence electrons. The molecule has 3 nitrogen and oxygen atoms in total. The molecule has 0 aliphatic carbocycles. The van der Waals surface area contributed by atoms with Gasteiger partial charge in [0.1, 0.15) is 0 Å². The van der Waals surface area contributed by atoms with Crippen molar-refractivity contribution in [3.8, 4) is 0 Å². The maximum Gasteiger partial charge on any atom is 0.304 e. The van der Waals surface area contributed by atoms with Crippen molar-refractivity contribution in [3.05, 3.63) is 0 Å². The quantitative estimate of drug-likeness (QED) is 0.486. The Balaban J connectivity index is 2.91. The fourth-order valence-corrected chi connectivity index (χ4v) is 1.88. The van der Waals surface area contributed by atoms with Crippen molar-refractivity contribution < 1.29 is 9.90 Å². The summed E-state index contributed by atoms with van der Waals surface area (Å²) in [6.45, 7) is 3.81. The van der Waals surface area contributed by atoms with Crippen LogP contribution in [-0.2, 0) is 4.79 Å². The second kappa shape index (κ2) is 13.5. The topological polar surface area (TPSA) is 49.3 Å². The van der Waals surface area contributed by atoms with Gasteiger partial charge in [0.15, 0.2) is 0 Å². The molecule has 0 aliphatic heterocycles. The van der Waals surface area contributed by atoms with Gasteiger partial charge in [-0.15, -0.1) is 0 Å². The Morgan fingerprint density at radius 3 is 1.94 bits per heavy atom. The van der Waals surface area contributed by atoms with E-state index in [1.54, 1.807) is 0 Å². The summed E-state index contributed by atoms with van der Waals surface area (Å²) >= 11 is 0. The van der Waals surface area contributed by atoms with E-state index in [2.05, 4.69) is 12.2 Å². The van der Waals surface area contributed by atoms with E-state index in [9.17, 15) is 4.79 Å². The molecule has 0 aromatic rings. The molecule has 3 heteroatoms. The fourth-order valence-electron chi connectivity index (χ4n) is 1.88. The molecule has 0 rings (SSSR count). The molecule has 0 aliphatic rings. The number of unbranched alkanes of at least 4 members (excludes halogenated alkanes) is 8. The summed E-state index contributed by atoms with van der Waals surface area (Å²) in [4.78, 5) is 10.2. The number of nitrogens with one attached hydrogen (secondary N) is 1. The summed E-state index contributed by atoms with van der Waals surface area (Å²) in [6.07, 6.45) is 12.2. The van der Waals surface area contributed by atoms with Crippen LogP contribution in [0.2, 0.25) is 0 Å².